The normalized spacial score (nSPS) is 10.7. The number of thioether (sulfide) groups is 1. The van der Waals surface area contributed by atoms with Gasteiger partial charge in [-0.3, -0.25) is 4.79 Å². The van der Waals surface area contributed by atoms with E-state index in [1.54, 1.807) is 11.8 Å². The first-order valence-corrected chi connectivity index (χ1v) is 5.06. The molecule has 0 fully saturated rings. The zero-order valence-corrected chi connectivity index (χ0v) is 8.43. The van der Waals surface area contributed by atoms with E-state index in [0.717, 1.165) is 6.26 Å². The van der Waals surface area contributed by atoms with Crippen LogP contribution in [0.2, 0.25) is 0 Å². The average molecular weight is 200 g/mol. The monoisotopic (exact) mass is 200 g/mol. The van der Waals surface area contributed by atoms with Crippen molar-refractivity contribution in [3.8, 4) is 5.75 Å². The van der Waals surface area contributed by atoms with Gasteiger partial charge in [0.15, 0.2) is 5.75 Å². The fourth-order valence-corrected chi connectivity index (χ4v) is 1.42. The number of hydrogen-bond donors (Lipinski definition) is 1. The summed E-state index contributed by atoms with van der Waals surface area (Å²) >= 11 is 1.68. The lowest BCUT2D eigenvalue weighted by Gasteiger charge is -2.02. The van der Waals surface area contributed by atoms with Gasteiger partial charge < -0.3 is 9.52 Å². The van der Waals surface area contributed by atoms with Gasteiger partial charge in [0, 0.05) is 6.07 Å². The molecule has 1 N–H and O–H groups in total. The Labute approximate surface area is 80.8 Å². The lowest BCUT2D eigenvalue weighted by molar-refractivity contribution is 0.419. The fourth-order valence-electron chi connectivity index (χ4n) is 0.768. The molecule has 0 bridgehead atoms. The molecule has 0 aliphatic carbocycles. The van der Waals surface area contributed by atoms with Crippen molar-refractivity contribution >= 4 is 11.8 Å². The van der Waals surface area contributed by atoms with Crippen molar-refractivity contribution in [1.82, 2.24) is 0 Å². The predicted molar refractivity (Wildman–Crippen MR) is 53.1 cm³/mol. The summed E-state index contributed by atoms with van der Waals surface area (Å²) in [5, 5.41) is 9.41. The first-order valence-electron chi connectivity index (χ1n) is 4.02. The molecule has 1 heterocycles. The lowest BCUT2D eigenvalue weighted by atomic mass is 10.4. The zero-order valence-electron chi connectivity index (χ0n) is 7.61. The van der Waals surface area contributed by atoms with E-state index in [4.69, 9.17) is 9.52 Å². The minimum Gasteiger partial charge on any atom is -0.502 e. The van der Waals surface area contributed by atoms with Crippen molar-refractivity contribution in [1.29, 1.82) is 0 Å². The van der Waals surface area contributed by atoms with Crippen LogP contribution in [0.1, 0.15) is 19.6 Å². The zero-order chi connectivity index (χ0) is 9.84. The van der Waals surface area contributed by atoms with Crippen LogP contribution >= 0.6 is 11.8 Å². The molecular formula is C9H12O3S. The summed E-state index contributed by atoms with van der Waals surface area (Å²) < 4.78 is 5.02. The summed E-state index contributed by atoms with van der Waals surface area (Å²) in [5.41, 5.74) is -0.384. The SMILES string of the molecule is CC(C)SCc1cc(=O)c(O)co1. The molecule has 1 rings (SSSR count). The standard InChI is InChI=1S/C9H12O3S/c1-6(2)13-5-7-3-8(10)9(11)4-12-7/h3-4,6,11H,5H2,1-2H3. The van der Waals surface area contributed by atoms with Crippen molar-refractivity contribution in [2.75, 3.05) is 0 Å². The number of aromatic hydroxyl groups is 1. The smallest absolute Gasteiger partial charge is 0.226 e. The Morgan fingerprint density at radius 2 is 2.31 bits per heavy atom. The van der Waals surface area contributed by atoms with Gasteiger partial charge in [0.25, 0.3) is 0 Å². The molecule has 72 valence electrons. The summed E-state index contributed by atoms with van der Waals surface area (Å²) in [6.07, 6.45) is 1.08. The van der Waals surface area contributed by atoms with E-state index in [1.165, 1.54) is 6.07 Å². The molecule has 0 radical (unpaired) electrons. The molecule has 4 heteroatoms. The van der Waals surface area contributed by atoms with Gasteiger partial charge in [-0.05, 0) is 5.25 Å². The second kappa shape index (κ2) is 4.37. The molecule has 0 aromatic carbocycles. The van der Waals surface area contributed by atoms with Crippen LogP contribution in [0.4, 0.5) is 0 Å². The molecule has 0 aliphatic rings. The molecule has 0 saturated carbocycles. The Morgan fingerprint density at radius 1 is 1.62 bits per heavy atom. The summed E-state index contributed by atoms with van der Waals surface area (Å²) in [6.45, 7) is 4.15. The quantitative estimate of drug-likeness (QED) is 0.810. The van der Waals surface area contributed by atoms with Crippen LogP contribution in [0.15, 0.2) is 21.5 Å². The van der Waals surface area contributed by atoms with Crippen molar-refractivity contribution in [3.63, 3.8) is 0 Å². The molecule has 3 nitrogen and oxygen atoms in total. The average Bonchev–Trinajstić information content (AvgIpc) is 2.07. The van der Waals surface area contributed by atoms with Crippen LogP contribution in [0, 0.1) is 0 Å². The second-order valence-corrected chi connectivity index (χ2v) is 4.52. The molecule has 0 unspecified atom stereocenters. The third-order valence-corrected chi connectivity index (χ3v) is 2.54. The van der Waals surface area contributed by atoms with Crippen LogP contribution < -0.4 is 5.43 Å². The van der Waals surface area contributed by atoms with Crippen molar-refractivity contribution in [3.05, 3.63) is 28.3 Å². The molecule has 0 amide bonds. The summed E-state index contributed by atoms with van der Waals surface area (Å²) in [5.74, 6) is 0.924. The summed E-state index contributed by atoms with van der Waals surface area (Å²) in [6, 6.07) is 1.32. The van der Waals surface area contributed by atoms with Gasteiger partial charge in [0.05, 0.1) is 5.75 Å². The molecular weight excluding hydrogens is 188 g/mol. The van der Waals surface area contributed by atoms with Crippen LogP contribution in [0.3, 0.4) is 0 Å². The van der Waals surface area contributed by atoms with Crippen LogP contribution in [-0.2, 0) is 5.75 Å². The first-order chi connectivity index (χ1) is 6.09. The number of rotatable bonds is 3. The van der Waals surface area contributed by atoms with E-state index in [0.29, 0.717) is 16.8 Å². The van der Waals surface area contributed by atoms with Crippen LogP contribution in [0.5, 0.6) is 5.75 Å². The third-order valence-electron chi connectivity index (χ3n) is 1.43. The van der Waals surface area contributed by atoms with Crippen LogP contribution in [0.25, 0.3) is 0 Å². The maximum Gasteiger partial charge on any atom is 0.226 e. The van der Waals surface area contributed by atoms with Gasteiger partial charge in [-0.25, -0.2) is 0 Å². The maximum absolute atomic E-state index is 11.0. The highest BCUT2D eigenvalue weighted by molar-refractivity contribution is 7.99. The topological polar surface area (TPSA) is 50.4 Å². The van der Waals surface area contributed by atoms with E-state index in [1.807, 2.05) is 0 Å². The number of hydrogen-bond acceptors (Lipinski definition) is 4. The predicted octanol–water partition coefficient (Wildman–Crippen LogP) is 1.99. The lowest BCUT2D eigenvalue weighted by Crippen LogP contribution is -1.99. The summed E-state index contributed by atoms with van der Waals surface area (Å²) in [7, 11) is 0. The van der Waals surface area contributed by atoms with Crippen molar-refractivity contribution in [2.24, 2.45) is 0 Å². The fraction of sp³-hybridized carbons (Fsp3) is 0.444. The van der Waals surface area contributed by atoms with E-state index in [9.17, 15) is 4.79 Å². The van der Waals surface area contributed by atoms with E-state index < -0.39 is 0 Å². The molecule has 1 aromatic rings. The van der Waals surface area contributed by atoms with Gasteiger partial charge in [-0.2, -0.15) is 11.8 Å². The van der Waals surface area contributed by atoms with Gasteiger partial charge in [-0.1, -0.05) is 13.8 Å². The highest BCUT2D eigenvalue weighted by Crippen LogP contribution is 2.16. The van der Waals surface area contributed by atoms with Crippen LogP contribution in [-0.4, -0.2) is 10.4 Å². The third kappa shape index (κ3) is 3.14. The first kappa shape index (κ1) is 10.2. The molecule has 0 atom stereocenters. The Bertz CT molecular complexity index is 330. The maximum atomic E-state index is 11.0. The van der Waals surface area contributed by atoms with Crippen molar-refractivity contribution in [2.45, 2.75) is 24.9 Å². The molecule has 0 aliphatic heterocycles. The van der Waals surface area contributed by atoms with E-state index in [2.05, 4.69) is 13.8 Å². The van der Waals surface area contributed by atoms with Gasteiger partial charge in [0.1, 0.15) is 12.0 Å². The molecule has 13 heavy (non-hydrogen) atoms. The Hall–Kier alpha value is -0.900. The van der Waals surface area contributed by atoms with E-state index >= 15 is 0 Å². The highest BCUT2D eigenvalue weighted by Gasteiger charge is 2.02. The largest absolute Gasteiger partial charge is 0.502 e. The molecule has 0 saturated heterocycles. The Kier molecular flexibility index (Phi) is 3.42. The minimum absolute atomic E-state index is 0.335. The van der Waals surface area contributed by atoms with Gasteiger partial charge in [-0.15, -0.1) is 0 Å². The second-order valence-electron chi connectivity index (χ2n) is 2.96. The van der Waals surface area contributed by atoms with Crippen molar-refractivity contribution < 1.29 is 9.52 Å². The highest BCUT2D eigenvalue weighted by atomic mass is 32.2. The van der Waals surface area contributed by atoms with Gasteiger partial charge >= 0.3 is 0 Å². The molecule has 1 aromatic heterocycles. The Morgan fingerprint density at radius 3 is 2.85 bits per heavy atom. The summed E-state index contributed by atoms with van der Waals surface area (Å²) in [4.78, 5) is 11.0. The van der Waals surface area contributed by atoms with Gasteiger partial charge in [0.2, 0.25) is 5.43 Å². The minimum atomic E-state index is -0.384. The molecule has 0 spiro atoms. The van der Waals surface area contributed by atoms with E-state index in [-0.39, 0.29) is 11.2 Å². The Balaban J connectivity index is 2.69.